The van der Waals surface area contributed by atoms with Crippen molar-refractivity contribution >= 4 is 39.4 Å². The van der Waals surface area contributed by atoms with Crippen molar-refractivity contribution in [2.45, 2.75) is 4.90 Å². The molecule has 0 bridgehead atoms. The SMILES string of the molecule is COc1ccc(/C=N\NC(=O)CN(c2cc(Cl)ccc2OC)S(=O)(=O)c2ccc(OC)c(OC)c2)cc1OC. The van der Waals surface area contributed by atoms with Gasteiger partial charge in [-0.05, 0) is 54.1 Å². The standard InChI is InChI=1S/C26H28ClN3O8S/c1-34-21-10-7-18(27)13-20(21)30(39(32,33)19-8-11-23(36-3)25(14-19)38-5)16-26(31)29-28-15-17-6-9-22(35-2)24(12-17)37-4/h6-15H,16H2,1-5H3,(H,29,31)/b28-15-. The third-order valence-electron chi connectivity index (χ3n) is 5.45. The molecular weight excluding hydrogens is 550 g/mol. The molecule has 39 heavy (non-hydrogen) atoms. The number of carbonyl (C=O) groups is 1. The fourth-order valence-electron chi connectivity index (χ4n) is 3.54. The van der Waals surface area contributed by atoms with Crippen LogP contribution in [0, 0.1) is 0 Å². The first-order chi connectivity index (χ1) is 18.7. The molecule has 3 aromatic rings. The molecule has 0 aliphatic carbocycles. The highest BCUT2D eigenvalue weighted by atomic mass is 35.5. The van der Waals surface area contributed by atoms with Gasteiger partial charge in [-0.1, -0.05) is 11.6 Å². The monoisotopic (exact) mass is 577 g/mol. The van der Waals surface area contributed by atoms with Gasteiger partial charge in [0.25, 0.3) is 15.9 Å². The maximum absolute atomic E-state index is 13.8. The van der Waals surface area contributed by atoms with E-state index in [1.165, 1.54) is 72.1 Å². The van der Waals surface area contributed by atoms with Gasteiger partial charge in [0.1, 0.15) is 12.3 Å². The molecule has 1 N–H and O–H groups in total. The van der Waals surface area contributed by atoms with E-state index in [1.54, 1.807) is 24.3 Å². The van der Waals surface area contributed by atoms with Gasteiger partial charge in [0.15, 0.2) is 23.0 Å². The Morgan fingerprint density at radius 3 is 2.00 bits per heavy atom. The number of nitrogens with zero attached hydrogens (tertiary/aromatic N) is 2. The summed E-state index contributed by atoms with van der Waals surface area (Å²) in [6.45, 7) is -0.642. The molecule has 11 nitrogen and oxygen atoms in total. The lowest BCUT2D eigenvalue weighted by atomic mass is 10.2. The number of nitrogens with one attached hydrogen (secondary N) is 1. The topological polar surface area (TPSA) is 125 Å². The Morgan fingerprint density at radius 1 is 0.821 bits per heavy atom. The third kappa shape index (κ3) is 6.84. The van der Waals surface area contributed by atoms with E-state index in [1.807, 2.05) is 0 Å². The van der Waals surface area contributed by atoms with Crippen LogP contribution in [0.2, 0.25) is 5.02 Å². The molecule has 3 rings (SSSR count). The van der Waals surface area contributed by atoms with E-state index in [-0.39, 0.29) is 27.1 Å². The number of sulfonamides is 1. The molecular formula is C26H28ClN3O8S. The van der Waals surface area contributed by atoms with Crippen LogP contribution in [0.4, 0.5) is 5.69 Å². The second-order valence-electron chi connectivity index (χ2n) is 7.75. The highest BCUT2D eigenvalue weighted by Crippen LogP contribution is 2.37. The lowest BCUT2D eigenvalue weighted by Gasteiger charge is -2.25. The molecule has 0 heterocycles. The summed E-state index contributed by atoms with van der Waals surface area (Å²) in [7, 11) is 2.87. The number of carbonyl (C=O) groups excluding carboxylic acids is 1. The molecule has 0 aromatic heterocycles. The number of rotatable bonds is 12. The minimum atomic E-state index is -4.33. The number of amides is 1. The Morgan fingerprint density at radius 2 is 1.38 bits per heavy atom. The van der Waals surface area contributed by atoms with E-state index in [0.29, 0.717) is 22.8 Å². The van der Waals surface area contributed by atoms with E-state index in [0.717, 1.165) is 4.31 Å². The largest absolute Gasteiger partial charge is 0.495 e. The lowest BCUT2D eigenvalue weighted by molar-refractivity contribution is -0.119. The summed E-state index contributed by atoms with van der Waals surface area (Å²) in [5, 5.41) is 4.19. The predicted octanol–water partition coefficient (Wildman–Crippen LogP) is 3.73. The zero-order valence-electron chi connectivity index (χ0n) is 21.9. The van der Waals surface area contributed by atoms with Gasteiger partial charge in [-0.2, -0.15) is 5.10 Å². The van der Waals surface area contributed by atoms with Crippen molar-refractivity contribution in [2.75, 3.05) is 46.4 Å². The highest BCUT2D eigenvalue weighted by molar-refractivity contribution is 7.92. The quantitative estimate of drug-likeness (QED) is 0.255. The van der Waals surface area contributed by atoms with E-state index in [4.69, 9.17) is 35.3 Å². The molecule has 0 radical (unpaired) electrons. The van der Waals surface area contributed by atoms with Gasteiger partial charge in [-0.25, -0.2) is 13.8 Å². The molecule has 0 spiro atoms. The Balaban J connectivity index is 1.95. The minimum absolute atomic E-state index is 0.0544. The second-order valence-corrected chi connectivity index (χ2v) is 10.1. The Labute approximate surface area is 231 Å². The van der Waals surface area contributed by atoms with Crippen LogP contribution in [0.3, 0.4) is 0 Å². The predicted molar refractivity (Wildman–Crippen MR) is 147 cm³/mol. The van der Waals surface area contributed by atoms with E-state index in [9.17, 15) is 13.2 Å². The summed E-state index contributed by atoms with van der Waals surface area (Å²) in [6.07, 6.45) is 1.38. The molecule has 13 heteroatoms. The number of halogens is 1. The van der Waals surface area contributed by atoms with Crippen molar-refractivity contribution in [2.24, 2.45) is 5.10 Å². The maximum atomic E-state index is 13.8. The van der Waals surface area contributed by atoms with Crippen molar-refractivity contribution in [3.05, 3.63) is 65.2 Å². The Hall–Kier alpha value is -4.16. The molecule has 0 unspecified atom stereocenters. The Bertz CT molecular complexity index is 1460. The van der Waals surface area contributed by atoms with Gasteiger partial charge in [-0.15, -0.1) is 0 Å². The highest BCUT2D eigenvalue weighted by Gasteiger charge is 2.30. The number of benzene rings is 3. The van der Waals surface area contributed by atoms with Crippen LogP contribution in [-0.2, 0) is 14.8 Å². The summed E-state index contributed by atoms with van der Waals surface area (Å²) in [5.41, 5.74) is 3.01. The molecule has 0 fully saturated rings. The molecule has 208 valence electrons. The number of anilines is 1. The lowest BCUT2D eigenvalue weighted by Crippen LogP contribution is -2.39. The van der Waals surface area contributed by atoms with E-state index >= 15 is 0 Å². The zero-order valence-corrected chi connectivity index (χ0v) is 23.5. The zero-order chi connectivity index (χ0) is 28.6. The normalized spacial score (nSPS) is 11.1. The first-order valence-corrected chi connectivity index (χ1v) is 13.1. The minimum Gasteiger partial charge on any atom is -0.495 e. The number of methoxy groups -OCH3 is 5. The van der Waals surface area contributed by atoms with Crippen molar-refractivity contribution < 1.29 is 36.9 Å². The molecule has 0 aliphatic rings. The summed E-state index contributed by atoms with van der Waals surface area (Å²) in [6, 6.07) is 13.6. The van der Waals surface area contributed by atoms with Crippen LogP contribution >= 0.6 is 11.6 Å². The summed E-state index contributed by atoms with van der Waals surface area (Å²) in [5.74, 6) is 1.01. The molecule has 0 atom stereocenters. The fraction of sp³-hybridized carbons (Fsp3) is 0.231. The van der Waals surface area contributed by atoms with Crippen LogP contribution in [0.5, 0.6) is 28.7 Å². The first kappa shape index (κ1) is 29.4. The van der Waals surface area contributed by atoms with Gasteiger partial charge in [-0.3, -0.25) is 9.10 Å². The van der Waals surface area contributed by atoms with Crippen LogP contribution in [0.15, 0.2) is 64.6 Å². The summed E-state index contributed by atoms with van der Waals surface area (Å²) >= 11 is 6.18. The first-order valence-electron chi connectivity index (χ1n) is 11.3. The summed E-state index contributed by atoms with van der Waals surface area (Å²) < 4.78 is 54.8. The Kier molecular flexibility index (Phi) is 9.85. The molecule has 1 amide bonds. The molecule has 0 saturated carbocycles. The van der Waals surface area contributed by atoms with E-state index in [2.05, 4.69) is 10.5 Å². The van der Waals surface area contributed by atoms with E-state index < -0.39 is 22.5 Å². The fourth-order valence-corrected chi connectivity index (χ4v) is 5.15. The molecule has 0 aliphatic heterocycles. The van der Waals surface area contributed by atoms with Gasteiger partial charge >= 0.3 is 0 Å². The number of ether oxygens (including phenoxy) is 5. The van der Waals surface area contributed by atoms with Crippen LogP contribution in [0.25, 0.3) is 0 Å². The van der Waals surface area contributed by atoms with Gasteiger partial charge in [0.2, 0.25) is 0 Å². The van der Waals surface area contributed by atoms with Crippen LogP contribution in [-0.4, -0.2) is 62.6 Å². The van der Waals surface area contributed by atoms with Crippen molar-refractivity contribution in [3.8, 4) is 28.7 Å². The maximum Gasteiger partial charge on any atom is 0.265 e. The van der Waals surface area contributed by atoms with Crippen LogP contribution in [0.1, 0.15) is 5.56 Å². The average molecular weight is 578 g/mol. The van der Waals surface area contributed by atoms with Gasteiger partial charge < -0.3 is 23.7 Å². The second kappa shape index (κ2) is 13.1. The summed E-state index contributed by atoms with van der Waals surface area (Å²) in [4.78, 5) is 12.8. The smallest absolute Gasteiger partial charge is 0.265 e. The van der Waals surface area contributed by atoms with Crippen molar-refractivity contribution in [3.63, 3.8) is 0 Å². The van der Waals surface area contributed by atoms with Crippen molar-refractivity contribution in [1.29, 1.82) is 0 Å². The number of hydrogen-bond donors (Lipinski definition) is 1. The van der Waals surface area contributed by atoms with Gasteiger partial charge in [0, 0.05) is 11.1 Å². The number of hydrazone groups is 1. The molecule has 3 aromatic carbocycles. The van der Waals surface area contributed by atoms with Gasteiger partial charge in [0.05, 0.1) is 52.3 Å². The van der Waals surface area contributed by atoms with Crippen molar-refractivity contribution in [1.82, 2.24) is 5.43 Å². The number of hydrogen-bond acceptors (Lipinski definition) is 9. The molecule has 0 saturated heterocycles. The van der Waals surface area contributed by atoms with Crippen LogP contribution < -0.4 is 33.4 Å². The average Bonchev–Trinajstić information content (AvgIpc) is 2.95. The third-order valence-corrected chi connectivity index (χ3v) is 7.44.